The van der Waals surface area contributed by atoms with Gasteiger partial charge in [-0.15, -0.1) is 11.8 Å². The van der Waals surface area contributed by atoms with Crippen molar-refractivity contribution in [2.45, 2.75) is 43.1 Å². The van der Waals surface area contributed by atoms with E-state index in [1.807, 2.05) is 13.0 Å². The first kappa shape index (κ1) is 16.2. The Balaban J connectivity index is 1.83. The van der Waals surface area contributed by atoms with E-state index in [0.717, 1.165) is 4.90 Å². The van der Waals surface area contributed by atoms with Crippen LogP contribution in [-0.4, -0.2) is 34.1 Å². The van der Waals surface area contributed by atoms with Crippen molar-refractivity contribution >= 4 is 17.7 Å². The Hall–Kier alpha value is -1.20. The lowest BCUT2D eigenvalue weighted by Crippen LogP contribution is -2.38. The van der Waals surface area contributed by atoms with E-state index in [1.165, 1.54) is 11.8 Å². The summed E-state index contributed by atoms with van der Waals surface area (Å²) in [6, 6.07) is 7.03. The smallest absolute Gasteiger partial charge is 0.308 e. The highest BCUT2D eigenvalue weighted by molar-refractivity contribution is 7.99. The first-order valence-corrected chi connectivity index (χ1v) is 8.32. The van der Waals surface area contributed by atoms with Gasteiger partial charge in [0.05, 0.1) is 18.1 Å². The molecule has 2 N–H and O–H groups in total. The summed E-state index contributed by atoms with van der Waals surface area (Å²) in [4.78, 5) is 12.6. The number of hydrogen-bond acceptors (Lipinski definition) is 5. The highest BCUT2D eigenvalue weighted by Gasteiger charge is 2.36. The standard InChI is InChI=1S/C16H22O4S/c1-2-20-15(18)12-6-8-16(19,9-7-12)11-21-14-5-3-4-13(17)10-14/h3-5,10,12,17,19H,2,6-9,11H2,1H3. The second-order valence-corrected chi connectivity index (χ2v) is 6.59. The lowest BCUT2D eigenvalue weighted by Gasteiger charge is -2.34. The van der Waals surface area contributed by atoms with Crippen LogP contribution in [0.4, 0.5) is 0 Å². The molecule has 0 radical (unpaired) electrons. The number of carbonyl (C=O) groups excluding carboxylic acids is 1. The SMILES string of the molecule is CCOC(=O)C1CCC(O)(CSc2cccc(O)c2)CC1. The van der Waals surface area contributed by atoms with E-state index in [0.29, 0.717) is 38.0 Å². The van der Waals surface area contributed by atoms with Crippen molar-refractivity contribution in [1.82, 2.24) is 0 Å². The van der Waals surface area contributed by atoms with E-state index in [-0.39, 0.29) is 17.6 Å². The monoisotopic (exact) mass is 310 g/mol. The van der Waals surface area contributed by atoms with Gasteiger partial charge in [0.2, 0.25) is 0 Å². The molecule has 1 aliphatic carbocycles. The summed E-state index contributed by atoms with van der Waals surface area (Å²) >= 11 is 1.53. The van der Waals surface area contributed by atoms with Gasteiger partial charge in [-0.05, 0) is 50.8 Å². The molecule has 2 rings (SSSR count). The van der Waals surface area contributed by atoms with E-state index < -0.39 is 5.60 Å². The molecule has 0 aromatic heterocycles. The van der Waals surface area contributed by atoms with Crippen molar-refractivity contribution in [3.63, 3.8) is 0 Å². The Morgan fingerprint density at radius 3 is 2.76 bits per heavy atom. The lowest BCUT2D eigenvalue weighted by molar-refractivity contribution is -0.150. The minimum absolute atomic E-state index is 0.0732. The number of benzene rings is 1. The predicted molar refractivity (Wildman–Crippen MR) is 82.4 cm³/mol. The number of esters is 1. The van der Waals surface area contributed by atoms with Crippen LogP contribution < -0.4 is 0 Å². The quantitative estimate of drug-likeness (QED) is 0.646. The number of thioether (sulfide) groups is 1. The summed E-state index contributed by atoms with van der Waals surface area (Å²) in [6.07, 6.45) is 2.58. The van der Waals surface area contributed by atoms with Crippen LogP contribution in [-0.2, 0) is 9.53 Å². The molecule has 0 amide bonds. The minimum atomic E-state index is -0.737. The zero-order valence-corrected chi connectivity index (χ0v) is 13.1. The Labute approximate surface area is 129 Å². The Bertz CT molecular complexity index is 481. The third-order valence-corrected chi connectivity index (χ3v) is 5.13. The van der Waals surface area contributed by atoms with E-state index in [1.54, 1.807) is 18.2 Å². The summed E-state index contributed by atoms with van der Waals surface area (Å²) < 4.78 is 5.04. The molecule has 1 fully saturated rings. The number of aliphatic hydroxyl groups is 1. The number of ether oxygens (including phenoxy) is 1. The van der Waals surface area contributed by atoms with Gasteiger partial charge < -0.3 is 14.9 Å². The fourth-order valence-electron chi connectivity index (χ4n) is 2.59. The Morgan fingerprint density at radius 2 is 2.14 bits per heavy atom. The Morgan fingerprint density at radius 1 is 1.43 bits per heavy atom. The highest BCUT2D eigenvalue weighted by atomic mass is 32.2. The highest BCUT2D eigenvalue weighted by Crippen LogP contribution is 2.37. The number of aromatic hydroxyl groups is 1. The first-order chi connectivity index (χ1) is 10.0. The second-order valence-electron chi connectivity index (χ2n) is 5.54. The molecule has 0 atom stereocenters. The Kier molecular flexibility index (Phi) is 5.53. The van der Waals surface area contributed by atoms with E-state index in [9.17, 15) is 15.0 Å². The molecule has 0 spiro atoms. The van der Waals surface area contributed by atoms with Crippen molar-refractivity contribution < 1.29 is 19.7 Å². The van der Waals surface area contributed by atoms with E-state index >= 15 is 0 Å². The van der Waals surface area contributed by atoms with Gasteiger partial charge in [-0.1, -0.05) is 6.07 Å². The maximum absolute atomic E-state index is 11.7. The first-order valence-electron chi connectivity index (χ1n) is 7.33. The van der Waals surface area contributed by atoms with Gasteiger partial charge in [0.25, 0.3) is 0 Å². The van der Waals surface area contributed by atoms with Gasteiger partial charge in [-0.3, -0.25) is 4.79 Å². The lowest BCUT2D eigenvalue weighted by atomic mass is 9.80. The van der Waals surface area contributed by atoms with Crippen LogP contribution in [0.3, 0.4) is 0 Å². The molecule has 0 heterocycles. The molecule has 116 valence electrons. The van der Waals surface area contributed by atoms with E-state index in [4.69, 9.17) is 4.74 Å². The van der Waals surface area contributed by atoms with Gasteiger partial charge in [-0.25, -0.2) is 0 Å². The van der Waals surface area contributed by atoms with Gasteiger partial charge in [-0.2, -0.15) is 0 Å². The molecule has 21 heavy (non-hydrogen) atoms. The molecular formula is C16H22O4S. The molecule has 0 saturated heterocycles. The second kappa shape index (κ2) is 7.18. The summed E-state index contributed by atoms with van der Waals surface area (Å²) in [5, 5.41) is 20.0. The summed E-state index contributed by atoms with van der Waals surface area (Å²) in [6.45, 7) is 2.22. The summed E-state index contributed by atoms with van der Waals surface area (Å²) in [5.74, 6) is 0.598. The third kappa shape index (κ3) is 4.64. The maximum Gasteiger partial charge on any atom is 0.308 e. The molecule has 5 heteroatoms. The summed E-state index contributed by atoms with van der Waals surface area (Å²) in [5.41, 5.74) is -0.737. The van der Waals surface area contributed by atoms with Gasteiger partial charge in [0.1, 0.15) is 5.75 Å². The molecule has 0 unspecified atom stereocenters. The molecule has 1 aromatic rings. The third-order valence-electron chi connectivity index (χ3n) is 3.86. The topological polar surface area (TPSA) is 66.8 Å². The fourth-order valence-corrected chi connectivity index (χ4v) is 3.69. The van der Waals surface area contributed by atoms with Crippen molar-refractivity contribution in [2.24, 2.45) is 5.92 Å². The zero-order valence-electron chi connectivity index (χ0n) is 12.2. The average Bonchev–Trinajstić information content (AvgIpc) is 2.46. The van der Waals surface area contributed by atoms with Crippen LogP contribution >= 0.6 is 11.8 Å². The van der Waals surface area contributed by atoms with Crippen LogP contribution in [0.5, 0.6) is 5.75 Å². The van der Waals surface area contributed by atoms with Crippen molar-refractivity contribution in [1.29, 1.82) is 0 Å². The molecule has 1 aliphatic rings. The number of carbonyl (C=O) groups is 1. The number of phenolic OH excluding ortho intramolecular Hbond substituents is 1. The van der Waals surface area contributed by atoms with Crippen molar-refractivity contribution in [2.75, 3.05) is 12.4 Å². The minimum Gasteiger partial charge on any atom is -0.508 e. The van der Waals surface area contributed by atoms with Gasteiger partial charge in [0.15, 0.2) is 0 Å². The molecule has 0 bridgehead atoms. The predicted octanol–water partition coefficient (Wildman–Crippen LogP) is 2.97. The van der Waals surface area contributed by atoms with Crippen molar-refractivity contribution in [3.8, 4) is 5.75 Å². The zero-order chi connectivity index (χ0) is 15.3. The van der Waals surface area contributed by atoms with Gasteiger partial charge >= 0.3 is 5.97 Å². The number of hydrogen-bond donors (Lipinski definition) is 2. The van der Waals surface area contributed by atoms with Crippen LogP contribution in [0.2, 0.25) is 0 Å². The average molecular weight is 310 g/mol. The largest absolute Gasteiger partial charge is 0.508 e. The summed E-state index contributed by atoms with van der Waals surface area (Å²) in [7, 11) is 0. The van der Waals surface area contributed by atoms with E-state index in [2.05, 4.69) is 0 Å². The van der Waals surface area contributed by atoms with Crippen molar-refractivity contribution in [3.05, 3.63) is 24.3 Å². The number of phenols is 1. The van der Waals surface area contributed by atoms with Crippen LogP contribution in [0, 0.1) is 5.92 Å². The molecule has 0 aliphatic heterocycles. The van der Waals surface area contributed by atoms with Gasteiger partial charge in [0, 0.05) is 10.6 Å². The maximum atomic E-state index is 11.7. The molecule has 1 aromatic carbocycles. The number of rotatable bonds is 5. The molecule has 1 saturated carbocycles. The molecular weight excluding hydrogens is 288 g/mol. The van der Waals surface area contributed by atoms with Crippen LogP contribution in [0.25, 0.3) is 0 Å². The van der Waals surface area contributed by atoms with Crippen LogP contribution in [0.15, 0.2) is 29.2 Å². The normalized spacial score (nSPS) is 25.5. The van der Waals surface area contributed by atoms with Crippen LogP contribution in [0.1, 0.15) is 32.6 Å². The molecule has 4 nitrogen and oxygen atoms in total. The fraction of sp³-hybridized carbons (Fsp3) is 0.562.